The molecular formula is C52H103NO7. The van der Waals surface area contributed by atoms with Crippen molar-refractivity contribution in [1.82, 2.24) is 4.90 Å². The van der Waals surface area contributed by atoms with Gasteiger partial charge in [-0.05, 0) is 77.3 Å². The number of unbranched alkanes of at least 4 members (excludes halogenated alkanes) is 30. The van der Waals surface area contributed by atoms with Crippen molar-refractivity contribution in [2.24, 2.45) is 0 Å². The molecule has 0 bridgehead atoms. The number of ether oxygens (including phenoxy) is 4. The predicted octanol–water partition coefficient (Wildman–Crippen LogP) is 15.2. The van der Waals surface area contributed by atoms with E-state index in [2.05, 4.69) is 25.7 Å². The van der Waals surface area contributed by atoms with Crippen molar-refractivity contribution in [3.05, 3.63) is 0 Å². The summed E-state index contributed by atoms with van der Waals surface area (Å²) in [6.45, 7) is 11.7. The average Bonchev–Trinajstić information content (AvgIpc) is 3.24. The van der Waals surface area contributed by atoms with Crippen LogP contribution < -0.4 is 0 Å². The van der Waals surface area contributed by atoms with E-state index in [9.17, 15) is 9.59 Å². The van der Waals surface area contributed by atoms with Gasteiger partial charge in [0.15, 0.2) is 0 Å². The van der Waals surface area contributed by atoms with Crippen LogP contribution in [-0.2, 0) is 23.7 Å². The lowest BCUT2D eigenvalue weighted by atomic mass is 10.0. The van der Waals surface area contributed by atoms with Crippen LogP contribution in [-0.4, -0.2) is 80.9 Å². The molecule has 0 radical (unpaired) electrons. The Labute approximate surface area is 373 Å². The first-order valence-electron chi connectivity index (χ1n) is 26.5. The lowest BCUT2D eigenvalue weighted by molar-refractivity contribution is -0.143. The fourth-order valence-corrected chi connectivity index (χ4v) is 8.07. The zero-order valence-electron chi connectivity index (χ0n) is 40.4. The molecule has 8 heteroatoms. The van der Waals surface area contributed by atoms with Gasteiger partial charge in [-0.15, -0.1) is 0 Å². The molecule has 0 aromatic rings. The van der Waals surface area contributed by atoms with Gasteiger partial charge < -0.3 is 29.0 Å². The monoisotopic (exact) mass is 854 g/mol. The van der Waals surface area contributed by atoms with E-state index in [1.54, 1.807) is 0 Å². The molecule has 0 aliphatic rings. The normalized spacial score (nSPS) is 11.6. The molecule has 0 amide bonds. The van der Waals surface area contributed by atoms with Crippen LogP contribution in [0.5, 0.6) is 0 Å². The summed E-state index contributed by atoms with van der Waals surface area (Å²) in [5.41, 5.74) is 0. The number of hydrogen-bond donors (Lipinski definition) is 1. The van der Waals surface area contributed by atoms with Gasteiger partial charge in [-0.2, -0.15) is 0 Å². The minimum atomic E-state index is -0.476. The van der Waals surface area contributed by atoms with Crippen molar-refractivity contribution >= 4 is 12.1 Å². The van der Waals surface area contributed by atoms with Crippen LogP contribution >= 0.6 is 0 Å². The van der Waals surface area contributed by atoms with Gasteiger partial charge in [0.2, 0.25) is 0 Å². The molecule has 0 atom stereocenters. The highest BCUT2D eigenvalue weighted by atomic mass is 16.7. The van der Waals surface area contributed by atoms with E-state index in [1.807, 2.05) is 0 Å². The molecule has 0 rings (SSSR count). The largest absolute Gasteiger partial charge is 0.508 e. The highest BCUT2D eigenvalue weighted by Gasteiger charge is 2.15. The predicted molar refractivity (Wildman–Crippen MR) is 254 cm³/mol. The minimum absolute atomic E-state index is 0.0128. The molecule has 60 heavy (non-hydrogen) atoms. The second-order valence-corrected chi connectivity index (χ2v) is 17.9. The lowest BCUT2D eigenvalue weighted by Gasteiger charge is -2.22. The van der Waals surface area contributed by atoms with Crippen LogP contribution in [0.4, 0.5) is 4.79 Å². The summed E-state index contributed by atoms with van der Waals surface area (Å²) in [6, 6.07) is 0. The number of aliphatic hydroxyl groups is 1. The summed E-state index contributed by atoms with van der Waals surface area (Å²) in [6.07, 6.45) is 45.1. The Morgan fingerprint density at radius 2 is 0.800 bits per heavy atom. The van der Waals surface area contributed by atoms with E-state index in [-0.39, 0.29) is 18.7 Å². The lowest BCUT2D eigenvalue weighted by Crippen LogP contribution is -2.30. The van der Waals surface area contributed by atoms with Crippen LogP contribution in [0, 0.1) is 0 Å². The number of aliphatic hydroxyl groups excluding tert-OH is 1. The van der Waals surface area contributed by atoms with Gasteiger partial charge in [0.1, 0.15) is 6.10 Å². The van der Waals surface area contributed by atoms with Crippen molar-refractivity contribution in [2.75, 3.05) is 52.7 Å². The van der Waals surface area contributed by atoms with Gasteiger partial charge in [-0.3, -0.25) is 4.79 Å². The van der Waals surface area contributed by atoms with E-state index >= 15 is 0 Å². The first-order chi connectivity index (χ1) is 29.6. The Kier molecular flexibility index (Phi) is 49.1. The maximum atomic E-state index is 12.6. The number of nitrogens with zero attached hydrogens (tertiary/aromatic N) is 1. The zero-order chi connectivity index (χ0) is 43.7. The number of rotatable bonds is 50. The van der Waals surface area contributed by atoms with Gasteiger partial charge in [-0.25, -0.2) is 4.79 Å². The van der Waals surface area contributed by atoms with Crippen LogP contribution in [0.25, 0.3) is 0 Å². The third kappa shape index (κ3) is 46.1. The van der Waals surface area contributed by atoms with Gasteiger partial charge in [0.25, 0.3) is 0 Å². The van der Waals surface area contributed by atoms with Crippen LogP contribution in [0.2, 0.25) is 0 Å². The quantitative estimate of drug-likeness (QED) is 0.0478. The highest BCUT2D eigenvalue weighted by Crippen LogP contribution is 2.19. The molecule has 1 N–H and O–H groups in total. The summed E-state index contributed by atoms with van der Waals surface area (Å²) in [5.74, 6) is -0.0394. The Bertz CT molecular complexity index is 838. The molecular weight excluding hydrogens is 751 g/mol. The van der Waals surface area contributed by atoms with Crippen molar-refractivity contribution in [3.63, 3.8) is 0 Å². The number of esters is 1. The molecule has 358 valence electrons. The molecule has 0 aromatic carbocycles. The summed E-state index contributed by atoms with van der Waals surface area (Å²) >= 11 is 0. The first-order valence-corrected chi connectivity index (χ1v) is 26.5. The summed E-state index contributed by atoms with van der Waals surface area (Å²) in [4.78, 5) is 27.3. The molecule has 0 heterocycles. The highest BCUT2D eigenvalue weighted by molar-refractivity contribution is 5.69. The molecule has 8 nitrogen and oxygen atoms in total. The van der Waals surface area contributed by atoms with Gasteiger partial charge >= 0.3 is 12.1 Å². The molecule has 0 aliphatic carbocycles. The van der Waals surface area contributed by atoms with Gasteiger partial charge in [-0.1, -0.05) is 194 Å². The van der Waals surface area contributed by atoms with Crippen LogP contribution in [0.3, 0.4) is 0 Å². The summed E-state index contributed by atoms with van der Waals surface area (Å²) < 4.78 is 22.5. The third-order valence-corrected chi connectivity index (χ3v) is 12.0. The Balaban J connectivity index is 4.18. The van der Waals surface area contributed by atoms with Crippen LogP contribution in [0.1, 0.15) is 265 Å². The fourth-order valence-electron chi connectivity index (χ4n) is 8.07. The van der Waals surface area contributed by atoms with E-state index in [0.29, 0.717) is 32.8 Å². The molecule has 0 saturated heterocycles. The minimum Gasteiger partial charge on any atom is -0.466 e. The van der Waals surface area contributed by atoms with Gasteiger partial charge in [0.05, 0.1) is 33.0 Å². The number of hydrogen-bond acceptors (Lipinski definition) is 8. The SMILES string of the molecule is CCCCCCCCCCCCCC(=O)OCCCCCN(CCCCCCCOC(=O)OC(CCCCCCCCCC)CCCCCCCCCC)CCOCCO. The van der Waals surface area contributed by atoms with E-state index in [0.717, 1.165) is 110 Å². The summed E-state index contributed by atoms with van der Waals surface area (Å²) in [5, 5.41) is 9.09. The number of carbonyl (C=O) groups is 2. The standard InChI is InChI=1S/C52H103NO7/c1-4-7-10-13-16-19-20-21-24-28-34-41-51(55)58-46-38-31-36-43-53(44-48-57-49-45-54)42-35-29-25-30-37-47-59-52(56)60-50(39-32-26-22-17-14-11-8-5-2)40-33-27-23-18-15-12-9-6-3/h50,54H,4-49H2,1-3H3. The molecule has 0 saturated carbocycles. The van der Waals surface area contributed by atoms with Crippen molar-refractivity contribution in [2.45, 2.75) is 271 Å². The van der Waals surface area contributed by atoms with E-state index < -0.39 is 6.16 Å². The topological polar surface area (TPSA) is 94.5 Å². The molecule has 0 unspecified atom stereocenters. The Morgan fingerprint density at radius 3 is 1.27 bits per heavy atom. The summed E-state index contributed by atoms with van der Waals surface area (Å²) in [7, 11) is 0. The Hall–Kier alpha value is -1.38. The Morgan fingerprint density at radius 1 is 0.417 bits per heavy atom. The average molecular weight is 854 g/mol. The number of carbonyl (C=O) groups excluding carboxylic acids is 2. The van der Waals surface area contributed by atoms with Crippen LogP contribution in [0.15, 0.2) is 0 Å². The maximum absolute atomic E-state index is 12.6. The first kappa shape index (κ1) is 58.6. The third-order valence-electron chi connectivity index (χ3n) is 12.0. The fraction of sp³-hybridized carbons (Fsp3) is 0.962. The molecule has 0 fully saturated rings. The zero-order valence-corrected chi connectivity index (χ0v) is 40.4. The van der Waals surface area contributed by atoms with Crippen molar-refractivity contribution in [3.8, 4) is 0 Å². The van der Waals surface area contributed by atoms with E-state index in [1.165, 1.54) is 148 Å². The van der Waals surface area contributed by atoms with Gasteiger partial charge in [0, 0.05) is 13.0 Å². The van der Waals surface area contributed by atoms with Crippen molar-refractivity contribution in [1.29, 1.82) is 0 Å². The smallest absolute Gasteiger partial charge is 0.466 e. The molecule has 0 aliphatic heterocycles. The maximum Gasteiger partial charge on any atom is 0.508 e. The van der Waals surface area contributed by atoms with Crippen molar-refractivity contribution < 1.29 is 33.6 Å². The molecule has 0 spiro atoms. The second-order valence-electron chi connectivity index (χ2n) is 17.9. The second kappa shape index (κ2) is 50.3. The van der Waals surface area contributed by atoms with E-state index in [4.69, 9.17) is 24.1 Å². The molecule has 0 aromatic heterocycles.